The van der Waals surface area contributed by atoms with E-state index in [1.165, 1.54) is 26.1 Å². The monoisotopic (exact) mass is 603 g/mol. The van der Waals surface area contributed by atoms with Gasteiger partial charge in [-0.2, -0.15) is 15.1 Å². The topological polar surface area (TPSA) is 185 Å². The zero-order valence-electron chi connectivity index (χ0n) is 22.1. The number of imidazole rings is 1. The standard InChI is InChI=1S/C23H29F3N7O7P/c1-4-37-19(35)12(2)32-41(36,40-13-8-6-5-7-9-13)38-10-14-16(34)23(26,20(24)25)21(39-14)33-11-29-15-17(28-3)30-22(27)31-18(15)33/h5-9,11-12,14,16,20-21,34H,4,10H2,1-3H3,(H,32,36)(H3,27,28,30,31)/t12?,14-,16-,21-,23+,41-/m1/s1. The summed E-state index contributed by atoms with van der Waals surface area (Å²) in [6, 6.07) is 6.52. The number of esters is 1. The number of alkyl halides is 3. The number of aliphatic hydroxyl groups excluding tert-OH is 1. The molecule has 0 bridgehead atoms. The summed E-state index contributed by atoms with van der Waals surface area (Å²) in [5.74, 6) is -0.823. The Balaban J connectivity index is 1.62. The smallest absolute Gasteiger partial charge is 0.459 e. The molecule has 0 saturated carbocycles. The van der Waals surface area contributed by atoms with Gasteiger partial charge in [0.15, 0.2) is 23.2 Å². The summed E-state index contributed by atoms with van der Waals surface area (Å²) >= 11 is 0. The number of carbonyl (C=O) groups is 1. The molecule has 1 unspecified atom stereocenters. The van der Waals surface area contributed by atoms with Gasteiger partial charge in [0, 0.05) is 7.05 Å². The minimum absolute atomic E-state index is 0.0422. The molecule has 3 heterocycles. The van der Waals surface area contributed by atoms with E-state index in [2.05, 4.69) is 25.4 Å². The van der Waals surface area contributed by atoms with Gasteiger partial charge in [-0.25, -0.2) is 22.7 Å². The number of nitrogen functional groups attached to an aromatic ring is 1. The Morgan fingerprint density at radius 3 is 2.66 bits per heavy atom. The summed E-state index contributed by atoms with van der Waals surface area (Å²) in [5, 5.41) is 15.8. The van der Waals surface area contributed by atoms with E-state index < -0.39 is 56.9 Å². The lowest BCUT2D eigenvalue weighted by atomic mass is 9.96. The predicted molar refractivity (Wildman–Crippen MR) is 139 cm³/mol. The quantitative estimate of drug-likeness (QED) is 0.175. The third kappa shape index (κ3) is 6.08. The second-order valence-electron chi connectivity index (χ2n) is 8.90. The number of fused-ring (bicyclic) bond motifs is 1. The molecule has 4 rings (SSSR count). The van der Waals surface area contributed by atoms with Crippen LogP contribution in [0.2, 0.25) is 0 Å². The summed E-state index contributed by atoms with van der Waals surface area (Å²) in [6.45, 7) is 2.06. The first-order chi connectivity index (χ1) is 19.4. The molecule has 1 aliphatic heterocycles. The molecular weight excluding hydrogens is 574 g/mol. The van der Waals surface area contributed by atoms with Gasteiger partial charge in [-0.1, -0.05) is 18.2 Å². The van der Waals surface area contributed by atoms with Gasteiger partial charge in [0.25, 0.3) is 6.43 Å². The van der Waals surface area contributed by atoms with Crippen LogP contribution in [0, 0.1) is 0 Å². The zero-order valence-corrected chi connectivity index (χ0v) is 23.0. The fraction of sp³-hybridized carbons (Fsp3) is 0.478. The summed E-state index contributed by atoms with van der Waals surface area (Å²) in [4.78, 5) is 24.1. The highest BCUT2D eigenvalue weighted by Crippen LogP contribution is 2.50. The Hall–Kier alpha value is -3.50. The van der Waals surface area contributed by atoms with Crippen LogP contribution in [-0.4, -0.2) is 81.2 Å². The molecular formula is C23H29F3N7O7P. The number of carbonyl (C=O) groups excluding carboxylic acids is 1. The van der Waals surface area contributed by atoms with Crippen LogP contribution in [0.1, 0.15) is 20.1 Å². The van der Waals surface area contributed by atoms with Crippen LogP contribution < -0.4 is 20.7 Å². The summed E-state index contributed by atoms with van der Waals surface area (Å²) in [5.41, 5.74) is 1.95. The van der Waals surface area contributed by atoms with Gasteiger partial charge in [-0.15, -0.1) is 0 Å². The second kappa shape index (κ2) is 12.2. The van der Waals surface area contributed by atoms with Crippen molar-refractivity contribution >= 4 is 36.6 Å². The van der Waals surface area contributed by atoms with Gasteiger partial charge in [-0.05, 0) is 26.0 Å². The molecule has 1 saturated heterocycles. The highest BCUT2D eigenvalue weighted by atomic mass is 31.2. The number of aliphatic hydroxyl groups is 1. The number of hydrogen-bond acceptors (Lipinski definition) is 12. The van der Waals surface area contributed by atoms with E-state index in [-0.39, 0.29) is 35.3 Å². The molecule has 0 aliphatic carbocycles. The number of benzene rings is 1. The van der Waals surface area contributed by atoms with E-state index in [4.69, 9.17) is 24.3 Å². The molecule has 0 spiro atoms. The number of anilines is 2. The van der Waals surface area contributed by atoms with Gasteiger partial charge >= 0.3 is 13.7 Å². The maximum absolute atomic E-state index is 16.0. The normalized spacial score (nSPS) is 24.7. The van der Waals surface area contributed by atoms with E-state index in [0.717, 1.165) is 10.9 Å². The van der Waals surface area contributed by atoms with Crippen LogP contribution in [0.5, 0.6) is 5.75 Å². The number of para-hydroxylation sites is 1. The van der Waals surface area contributed by atoms with Crippen LogP contribution >= 0.6 is 7.75 Å². The van der Waals surface area contributed by atoms with Gasteiger partial charge in [0.1, 0.15) is 24.0 Å². The first-order valence-electron chi connectivity index (χ1n) is 12.4. The van der Waals surface area contributed by atoms with Crippen molar-refractivity contribution in [3.63, 3.8) is 0 Å². The van der Waals surface area contributed by atoms with Crippen LogP contribution in [0.15, 0.2) is 36.7 Å². The summed E-state index contributed by atoms with van der Waals surface area (Å²) in [6.07, 6.45) is -9.17. The van der Waals surface area contributed by atoms with Crippen molar-refractivity contribution in [2.24, 2.45) is 0 Å². The number of hydrogen-bond donors (Lipinski definition) is 4. The van der Waals surface area contributed by atoms with Crippen LogP contribution in [0.25, 0.3) is 11.2 Å². The van der Waals surface area contributed by atoms with Crippen molar-refractivity contribution in [2.45, 2.75) is 50.4 Å². The van der Waals surface area contributed by atoms with E-state index in [1.807, 2.05) is 0 Å². The fourth-order valence-corrected chi connectivity index (χ4v) is 5.64. The van der Waals surface area contributed by atoms with Gasteiger partial charge < -0.3 is 30.2 Å². The molecule has 2 aromatic heterocycles. The molecule has 6 atom stereocenters. The van der Waals surface area contributed by atoms with Crippen molar-refractivity contribution in [3.05, 3.63) is 36.7 Å². The van der Waals surface area contributed by atoms with Gasteiger partial charge in [0.2, 0.25) is 11.6 Å². The third-order valence-corrected chi connectivity index (χ3v) is 7.76. The fourth-order valence-electron chi connectivity index (χ4n) is 4.14. The number of nitrogens with two attached hydrogens (primary N) is 1. The Bertz CT molecular complexity index is 1420. The molecule has 14 nitrogen and oxygen atoms in total. The molecule has 5 N–H and O–H groups in total. The van der Waals surface area contributed by atoms with Crippen molar-refractivity contribution in [3.8, 4) is 5.75 Å². The summed E-state index contributed by atoms with van der Waals surface area (Å²) < 4.78 is 80.2. The van der Waals surface area contributed by atoms with Gasteiger partial charge in [0.05, 0.1) is 19.5 Å². The van der Waals surface area contributed by atoms with Crippen LogP contribution in [0.4, 0.5) is 24.9 Å². The number of rotatable bonds is 12. The molecule has 18 heteroatoms. The van der Waals surface area contributed by atoms with Crippen molar-refractivity contribution in [2.75, 3.05) is 31.3 Å². The average Bonchev–Trinajstić information content (AvgIpc) is 3.46. The van der Waals surface area contributed by atoms with E-state index >= 15 is 4.39 Å². The average molecular weight is 603 g/mol. The lowest BCUT2D eigenvalue weighted by molar-refractivity contribution is -0.144. The predicted octanol–water partition coefficient (Wildman–Crippen LogP) is 2.43. The highest BCUT2D eigenvalue weighted by Gasteiger charge is 2.64. The number of nitrogens with one attached hydrogen (secondary N) is 2. The first kappa shape index (κ1) is 30.5. The highest BCUT2D eigenvalue weighted by molar-refractivity contribution is 7.52. The molecule has 3 aromatic rings. The summed E-state index contributed by atoms with van der Waals surface area (Å²) in [7, 11) is -2.96. The minimum Gasteiger partial charge on any atom is -0.465 e. The number of halogens is 3. The van der Waals surface area contributed by atoms with E-state index in [0.29, 0.717) is 0 Å². The Labute approximate surface area is 231 Å². The molecule has 1 aromatic carbocycles. The number of nitrogens with zero attached hydrogens (tertiary/aromatic N) is 4. The molecule has 1 aliphatic rings. The maximum Gasteiger partial charge on any atom is 0.459 e. The van der Waals surface area contributed by atoms with Crippen molar-refractivity contribution in [1.82, 2.24) is 24.6 Å². The van der Waals surface area contributed by atoms with Crippen molar-refractivity contribution in [1.29, 1.82) is 0 Å². The van der Waals surface area contributed by atoms with Gasteiger partial charge in [-0.3, -0.25) is 13.9 Å². The molecule has 1 fully saturated rings. The van der Waals surface area contributed by atoms with E-state index in [1.54, 1.807) is 25.1 Å². The Morgan fingerprint density at radius 2 is 2.02 bits per heavy atom. The second-order valence-corrected chi connectivity index (χ2v) is 10.6. The minimum atomic E-state index is -4.47. The Kier molecular flexibility index (Phi) is 9.03. The number of ether oxygens (including phenoxy) is 2. The van der Waals surface area contributed by atoms with Crippen LogP contribution in [0.3, 0.4) is 0 Å². The number of aromatic nitrogens is 4. The molecule has 41 heavy (non-hydrogen) atoms. The lowest BCUT2D eigenvalue weighted by Crippen LogP contribution is -2.49. The SMILES string of the molecule is CCOC(=O)C(C)N[P@@](=O)(OC[C@H]1O[C@@H](n2cnc3c(NC)nc(N)nc32)[C@@](F)(C(F)F)[C@@H]1O)Oc1ccccc1. The third-order valence-electron chi connectivity index (χ3n) is 6.12. The maximum atomic E-state index is 16.0. The largest absolute Gasteiger partial charge is 0.465 e. The Morgan fingerprint density at radius 1 is 1.32 bits per heavy atom. The lowest BCUT2D eigenvalue weighted by Gasteiger charge is -2.28. The molecule has 0 radical (unpaired) electrons. The molecule has 0 amide bonds. The van der Waals surface area contributed by atoms with Crippen LogP contribution in [-0.2, 0) is 23.4 Å². The zero-order chi connectivity index (χ0) is 29.9. The first-order valence-corrected chi connectivity index (χ1v) is 13.9. The van der Waals surface area contributed by atoms with Crippen molar-refractivity contribution < 1.29 is 46.2 Å². The molecule has 224 valence electrons. The van der Waals surface area contributed by atoms with E-state index in [9.17, 15) is 23.2 Å².